The van der Waals surface area contributed by atoms with E-state index in [1.54, 1.807) is 0 Å². The molecule has 0 heterocycles. The molecule has 1 rings (SSSR count). The highest BCUT2D eigenvalue weighted by atomic mass is 16.4. The largest absolute Gasteiger partial charge is 0.504 e. The summed E-state index contributed by atoms with van der Waals surface area (Å²) in [6.45, 7) is 0. The normalized spacial score (nSPS) is 9.54. The summed E-state index contributed by atoms with van der Waals surface area (Å²) in [5, 5.41) is 26.3. The topological polar surface area (TPSA) is 94.8 Å². The number of carbonyl (C=O) groups is 2. The first-order valence-electron chi connectivity index (χ1n) is 3.32. The van der Waals surface area contributed by atoms with Gasteiger partial charge >= 0.3 is 5.97 Å². The van der Waals surface area contributed by atoms with Gasteiger partial charge in [0.1, 0.15) is 0 Å². The molecule has 68 valence electrons. The van der Waals surface area contributed by atoms with Crippen LogP contribution in [0, 0.1) is 0 Å². The number of aliphatic carboxylic acids is 1. The second-order valence-electron chi connectivity index (χ2n) is 2.31. The van der Waals surface area contributed by atoms with Crippen molar-refractivity contribution < 1.29 is 24.9 Å². The van der Waals surface area contributed by atoms with Crippen LogP contribution >= 0.6 is 0 Å². The van der Waals surface area contributed by atoms with Gasteiger partial charge in [-0.15, -0.1) is 0 Å². The zero-order valence-corrected chi connectivity index (χ0v) is 6.39. The maximum atomic E-state index is 10.8. The summed E-state index contributed by atoms with van der Waals surface area (Å²) in [5.74, 6) is -4.17. The molecule has 0 aliphatic rings. The van der Waals surface area contributed by atoms with Crippen molar-refractivity contribution in [1.29, 1.82) is 0 Å². The number of para-hydroxylation sites is 1. The van der Waals surface area contributed by atoms with Crippen molar-refractivity contribution in [2.24, 2.45) is 0 Å². The van der Waals surface area contributed by atoms with Crippen molar-refractivity contribution in [3.8, 4) is 11.5 Å². The van der Waals surface area contributed by atoms with Crippen LogP contribution in [0.1, 0.15) is 10.4 Å². The summed E-state index contributed by atoms with van der Waals surface area (Å²) in [5.41, 5.74) is -0.424. The van der Waals surface area contributed by atoms with Crippen molar-refractivity contribution in [3.05, 3.63) is 23.8 Å². The quantitative estimate of drug-likeness (QED) is 0.349. The molecule has 5 nitrogen and oxygen atoms in total. The third kappa shape index (κ3) is 1.58. The van der Waals surface area contributed by atoms with Gasteiger partial charge in [-0.25, -0.2) is 4.79 Å². The Morgan fingerprint density at radius 2 is 1.77 bits per heavy atom. The SMILES string of the molecule is O=C(O)C(=O)c1cccc(O)c1O. The van der Waals surface area contributed by atoms with E-state index in [9.17, 15) is 9.59 Å². The van der Waals surface area contributed by atoms with Crippen LogP contribution in [0.2, 0.25) is 0 Å². The highest BCUT2D eigenvalue weighted by Gasteiger charge is 2.19. The van der Waals surface area contributed by atoms with Gasteiger partial charge in [0.25, 0.3) is 5.78 Å². The number of rotatable bonds is 2. The maximum absolute atomic E-state index is 10.8. The van der Waals surface area contributed by atoms with Crippen LogP contribution in [0.25, 0.3) is 0 Å². The van der Waals surface area contributed by atoms with Gasteiger partial charge in [-0.2, -0.15) is 0 Å². The molecule has 0 bridgehead atoms. The van der Waals surface area contributed by atoms with Gasteiger partial charge in [-0.1, -0.05) is 6.07 Å². The Balaban J connectivity index is 3.23. The molecule has 1 aromatic rings. The van der Waals surface area contributed by atoms with Crippen LogP contribution < -0.4 is 0 Å². The highest BCUT2D eigenvalue weighted by molar-refractivity contribution is 6.40. The molecule has 0 aliphatic carbocycles. The number of aromatic hydroxyl groups is 2. The third-order valence-electron chi connectivity index (χ3n) is 1.45. The fraction of sp³-hybridized carbons (Fsp3) is 0. The van der Waals surface area contributed by atoms with E-state index in [4.69, 9.17) is 15.3 Å². The molecule has 0 aliphatic heterocycles. The van der Waals surface area contributed by atoms with Crippen LogP contribution in [0.4, 0.5) is 0 Å². The van der Waals surface area contributed by atoms with E-state index in [-0.39, 0.29) is 0 Å². The summed E-state index contributed by atoms with van der Waals surface area (Å²) in [7, 11) is 0. The number of benzene rings is 1. The number of phenolic OH excluding ortho intramolecular Hbond substituents is 2. The van der Waals surface area contributed by atoms with E-state index in [1.165, 1.54) is 6.07 Å². The Morgan fingerprint density at radius 1 is 1.15 bits per heavy atom. The van der Waals surface area contributed by atoms with Gasteiger partial charge < -0.3 is 15.3 Å². The number of phenols is 2. The van der Waals surface area contributed by atoms with Crippen LogP contribution in [-0.4, -0.2) is 27.1 Å². The van der Waals surface area contributed by atoms with E-state index >= 15 is 0 Å². The van der Waals surface area contributed by atoms with Crippen molar-refractivity contribution >= 4 is 11.8 Å². The zero-order chi connectivity index (χ0) is 10.0. The second-order valence-corrected chi connectivity index (χ2v) is 2.31. The minimum Gasteiger partial charge on any atom is -0.504 e. The predicted molar refractivity (Wildman–Crippen MR) is 41.7 cm³/mol. The molecule has 0 atom stereocenters. The minimum atomic E-state index is -1.68. The molecule has 0 fully saturated rings. The van der Waals surface area contributed by atoms with Crippen LogP contribution in [0.5, 0.6) is 11.5 Å². The lowest BCUT2D eigenvalue weighted by Crippen LogP contribution is -2.12. The van der Waals surface area contributed by atoms with E-state index in [1.807, 2.05) is 0 Å². The van der Waals surface area contributed by atoms with Gasteiger partial charge in [0.05, 0.1) is 5.56 Å². The van der Waals surface area contributed by atoms with Crippen molar-refractivity contribution in [2.45, 2.75) is 0 Å². The lowest BCUT2D eigenvalue weighted by Gasteiger charge is -2.01. The van der Waals surface area contributed by atoms with E-state index in [0.29, 0.717) is 0 Å². The fourth-order valence-electron chi connectivity index (χ4n) is 0.830. The number of hydrogen-bond acceptors (Lipinski definition) is 4. The van der Waals surface area contributed by atoms with Crippen LogP contribution in [0.3, 0.4) is 0 Å². The standard InChI is InChI=1S/C8H6O5/c9-5-3-1-2-4(6(5)10)7(11)8(12)13/h1-3,9-10H,(H,12,13). The Morgan fingerprint density at radius 3 is 2.31 bits per heavy atom. The smallest absolute Gasteiger partial charge is 0.377 e. The Hall–Kier alpha value is -2.04. The number of carboxylic acid groups (broad SMARTS) is 1. The molecule has 5 heteroatoms. The van der Waals surface area contributed by atoms with E-state index in [2.05, 4.69) is 0 Å². The first kappa shape index (κ1) is 9.05. The Kier molecular flexibility index (Phi) is 2.19. The van der Waals surface area contributed by atoms with Gasteiger partial charge in [0.2, 0.25) is 0 Å². The van der Waals surface area contributed by atoms with E-state index < -0.39 is 28.8 Å². The molecule has 0 aromatic heterocycles. The number of carbonyl (C=O) groups excluding carboxylic acids is 1. The van der Waals surface area contributed by atoms with Crippen molar-refractivity contribution in [3.63, 3.8) is 0 Å². The number of hydrogen-bond donors (Lipinski definition) is 3. The number of Topliss-reactive ketones (excluding diaryl/α,β-unsaturated/α-hetero) is 1. The highest BCUT2D eigenvalue weighted by Crippen LogP contribution is 2.28. The zero-order valence-electron chi connectivity index (χ0n) is 6.39. The Bertz CT molecular complexity index is 369. The summed E-state index contributed by atoms with van der Waals surface area (Å²) in [6, 6.07) is 3.53. The monoisotopic (exact) mass is 182 g/mol. The van der Waals surface area contributed by atoms with Crippen molar-refractivity contribution in [1.82, 2.24) is 0 Å². The molecule has 3 N–H and O–H groups in total. The summed E-state index contributed by atoms with van der Waals surface area (Å²) in [4.78, 5) is 21.1. The van der Waals surface area contributed by atoms with E-state index in [0.717, 1.165) is 12.1 Å². The lowest BCUT2D eigenvalue weighted by atomic mass is 10.1. The molecular weight excluding hydrogens is 176 g/mol. The Labute approximate surface area is 72.9 Å². The minimum absolute atomic E-state index is 0.424. The average Bonchev–Trinajstić information content (AvgIpc) is 2.08. The lowest BCUT2D eigenvalue weighted by molar-refractivity contribution is -0.131. The first-order valence-corrected chi connectivity index (χ1v) is 3.32. The summed E-state index contributed by atoms with van der Waals surface area (Å²) in [6.07, 6.45) is 0. The molecule has 0 unspecified atom stereocenters. The third-order valence-corrected chi connectivity index (χ3v) is 1.45. The number of carboxylic acids is 1. The summed E-state index contributed by atoms with van der Waals surface area (Å²) < 4.78 is 0. The van der Waals surface area contributed by atoms with Gasteiger partial charge in [0.15, 0.2) is 11.5 Å². The molecule has 0 amide bonds. The van der Waals surface area contributed by atoms with Gasteiger partial charge in [-0.05, 0) is 12.1 Å². The summed E-state index contributed by atoms with van der Waals surface area (Å²) >= 11 is 0. The van der Waals surface area contributed by atoms with Crippen molar-refractivity contribution in [2.75, 3.05) is 0 Å². The number of ketones is 1. The van der Waals surface area contributed by atoms with Gasteiger partial charge in [0, 0.05) is 0 Å². The molecule has 1 aromatic carbocycles. The maximum Gasteiger partial charge on any atom is 0.377 e. The first-order chi connectivity index (χ1) is 6.04. The average molecular weight is 182 g/mol. The molecule has 0 saturated heterocycles. The molecule has 0 radical (unpaired) electrons. The van der Waals surface area contributed by atoms with Crippen LogP contribution in [-0.2, 0) is 4.79 Å². The van der Waals surface area contributed by atoms with Gasteiger partial charge in [-0.3, -0.25) is 4.79 Å². The molecule has 13 heavy (non-hydrogen) atoms. The molecule has 0 spiro atoms. The predicted octanol–water partition coefficient (Wildman–Crippen LogP) is 0.365. The molecular formula is C8H6O5. The second kappa shape index (κ2) is 3.14. The molecule has 0 saturated carbocycles. The fourth-order valence-corrected chi connectivity index (χ4v) is 0.830. The van der Waals surface area contributed by atoms with Crippen LogP contribution in [0.15, 0.2) is 18.2 Å².